The van der Waals surface area contributed by atoms with Gasteiger partial charge in [-0.15, -0.1) is 0 Å². The van der Waals surface area contributed by atoms with Gasteiger partial charge in [-0.1, -0.05) is 39.5 Å². The number of rotatable bonds is 10. The summed E-state index contributed by atoms with van der Waals surface area (Å²) < 4.78 is 10.3. The van der Waals surface area contributed by atoms with Crippen molar-refractivity contribution in [3.05, 3.63) is 0 Å². The molecule has 0 aromatic rings. The topological polar surface area (TPSA) is 38.7 Å². The van der Waals surface area contributed by atoms with Crippen LogP contribution in [0.4, 0.5) is 0 Å². The number of hydrogen-bond donors (Lipinski definition) is 1. The molecule has 16 heavy (non-hydrogen) atoms. The molecule has 0 fully saturated rings. The van der Waals surface area contributed by atoms with E-state index in [-0.39, 0.29) is 19.5 Å². The third kappa shape index (κ3) is 13.2. The van der Waals surface area contributed by atoms with Crippen molar-refractivity contribution in [2.75, 3.05) is 13.2 Å². The van der Waals surface area contributed by atoms with Crippen molar-refractivity contribution in [2.24, 2.45) is 0 Å². The second-order valence-corrected chi connectivity index (χ2v) is 6.39. The first kappa shape index (κ1) is 19.5. The predicted molar refractivity (Wildman–Crippen MR) is 67.5 cm³/mol. The summed E-state index contributed by atoms with van der Waals surface area (Å²) >= 11 is 4.86. The summed E-state index contributed by atoms with van der Waals surface area (Å²) in [5, 5.41) is 0. The minimum atomic E-state index is -2.94. The average Bonchev–Trinajstić information content (AvgIpc) is 2.20. The van der Waals surface area contributed by atoms with Crippen LogP contribution in [-0.4, -0.2) is 18.1 Å². The molecule has 0 spiro atoms. The summed E-state index contributed by atoms with van der Waals surface area (Å²) in [6, 6.07) is 0. The zero-order valence-corrected chi connectivity index (χ0v) is 15.2. The van der Waals surface area contributed by atoms with Gasteiger partial charge in [0.25, 0.3) is 0 Å². The largest absolute Gasteiger partial charge is 0.324 e. The molecule has 0 aromatic heterocycles. The first-order valence-corrected chi connectivity index (χ1v) is 8.33. The molecule has 0 aromatic carbocycles. The monoisotopic (exact) mass is 318 g/mol. The first-order chi connectivity index (χ1) is 7.12. The van der Waals surface area contributed by atoms with Gasteiger partial charge in [0.05, 0.1) is 13.2 Å². The Labute approximate surface area is 117 Å². The molecule has 94 valence electrons. The van der Waals surface area contributed by atoms with Crippen LogP contribution in [0, 0.1) is 0 Å². The van der Waals surface area contributed by atoms with Gasteiger partial charge in [0.1, 0.15) is 0 Å². The zero-order chi connectivity index (χ0) is 11.6. The quantitative estimate of drug-likeness (QED) is 0.379. The summed E-state index contributed by atoms with van der Waals surface area (Å²) in [4.78, 5) is 9.59. The first-order valence-electron chi connectivity index (χ1n) is 5.74. The summed E-state index contributed by atoms with van der Waals surface area (Å²) in [7, 11) is 0. The minimum absolute atomic E-state index is 0. The molecule has 1 N–H and O–H groups in total. The summed E-state index contributed by atoms with van der Waals surface area (Å²) in [5.74, 6) is 0. The van der Waals surface area contributed by atoms with Gasteiger partial charge in [0.15, 0.2) is 0 Å². The van der Waals surface area contributed by atoms with E-state index < -0.39 is 6.72 Å². The molecule has 0 saturated heterocycles. The van der Waals surface area contributed by atoms with Crippen LogP contribution in [0.1, 0.15) is 52.4 Å². The molecule has 0 bridgehead atoms. The second-order valence-electron chi connectivity index (χ2n) is 3.55. The van der Waals surface area contributed by atoms with E-state index >= 15 is 0 Å². The Hall–Kier alpha value is 1.15. The summed E-state index contributed by atoms with van der Waals surface area (Å²) in [6.45, 7) is 2.32. The van der Waals surface area contributed by atoms with Crippen LogP contribution in [-0.2, 0) is 40.3 Å². The van der Waals surface area contributed by atoms with Crippen LogP contribution in [0.3, 0.4) is 0 Å². The second kappa shape index (κ2) is 12.6. The molecular weight excluding hydrogens is 297 g/mol. The molecule has 0 unspecified atom stereocenters. The molecule has 0 heterocycles. The van der Waals surface area contributed by atoms with Gasteiger partial charge >= 0.3 is 6.72 Å². The zero-order valence-electron chi connectivity index (χ0n) is 10.5. The molecule has 0 saturated carbocycles. The summed E-state index contributed by atoms with van der Waals surface area (Å²) in [6.07, 6.45) is 6.35. The van der Waals surface area contributed by atoms with E-state index in [0.717, 1.165) is 38.5 Å². The Morgan fingerprint density at radius 1 is 0.938 bits per heavy atom. The predicted octanol–water partition coefficient (Wildman–Crippen LogP) is 3.61. The van der Waals surface area contributed by atoms with Crippen molar-refractivity contribution in [1.82, 2.24) is 0 Å². The van der Waals surface area contributed by atoms with Crippen molar-refractivity contribution in [3.63, 3.8) is 0 Å². The SMILES string of the molecule is CCCCCOP(O)(=S)OCCCCC.[Zn]. The molecule has 0 aliphatic carbocycles. The Morgan fingerprint density at radius 2 is 1.31 bits per heavy atom. The third-order valence-corrected chi connectivity index (χ3v) is 3.65. The Balaban J connectivity index is 0. The van der Waals surface area contributed by atoms with E-state index in [2.05, 4.69) is 13.8 Å². The minimum Gasteiger partial charge on any atom is -0.324 e. The van der Waals surface area contributed by atoms with Crippen LogP contribution >= 0.6 is 6.72 Å². The van der Waals surface area contributed by atoms with E-state index in [1.807, 2.05) is 0 Å². The van der Waals surface area contributed by atoms with Gasteiger partial charge in [-0.3, -0.25) is 0 Å². The standard InChI is InChI=1S/C10H23O3PS.Zn/c1-3-5-7-9-12-14(11,15)13-10-8-6-4-2;/h3-10H2,1-2H3,(H,11,15);. The van der Waals surface area contributed by atoms with Crippen LogP contribution in [0.15, 0.2) is 0 Å². The van der Waals surface area contributed by atoms with E-state index in [0.29, 0.717) is 13.2 Å². The fourth-order valence-electron chi connectivity index (χ4n) is 1.10. The summed E-state index contributed by atoms with van der Waals surface area (Å²) in [5.41, 5.74) is 0. The van der Waals surface area contributed by atoms with Gasteiger partial charge in [-0.25, -0.2) is 0 Å². The van der Waals surface area contributed by atoms with Gasteiger partial charge < -0.3 is 13.9 Å². The van der Waals surface area contributed by atoms with E-state index in [1.54, 1.807) is 0 Å². The van der Waals surface area contributed by atoms with Crippen molar-refractivity contribution in [2.45, 2.75) is 52.4 Å². The van der Waals surface area contributed by atoms with Crippen molar-refractivity contribution >= 4 is 18.5 Å². The smallest absolute Gasteiger partial charge is 0.324 e. The Bertz CT molecular complexity index is 177. The average molecular weight is 320 g/mol. The molecule has 0 radical (unpaired) electrons. The normalized spacial score (nSPS) is 11.2. The molecule has 0 atom stereocenters. The van der Waals surface area contributed by atoms with E-state index in [4.69, 9.17) is 20.9 Å². The molecular formula is C10H23O3PSZn. The van der Waals surface area contributed by atoms with E-state index in [1.165, 1.54) is 0 Å². The Kier molecular flexibility index (Phi) is 15.4. The van der Waals surface area contributed by atoms with E-state index in [9.17, 15) is 4.89 Å². The van der Waals surface area contributed by atoms with Crippen LogP contribution in [0.25, 0.3) is 0 Å². The van der Waals surface area contributed by atoms with Gasteiger partial charge in [0.2, 0.25) is 0 Å². The number of hydrogen-bond acceptors (Lipinski definition) is 3. The maximum Gasteiger partial charge on any atom is 0.324 e. The molecule has 0 aliphatic heterocycles. The molecule has 0 amide bonds. The fraction of sp³-hybridized carbons (Fsp3) is 1.00. The van der Waals surface area contributed by atoms with Gasteiger partial charge in [-0.05, 0) is 24.6 Å². The van der Waals surface area contributed by atoms with Crippen molar-refractivity contribution in [1.29, 1.82) is 0 Å². The van der Waals surface area contributed by atoms with Crippen molar-refractivity contribution in [3.8, 4) is 0 Å². The molecule has 3 nitrogen and oxygen atoms in total. The van der Waals surface area contributed by atoms with Crippen LogP contribution in [0.5, 0.6) is 0 Å². The Morgan fingerprint density at radius 3 is 1.62 bits per heavy atom. The third-order valence-electron chi connectivity index (χ3n) is 2.00. The maximum atomic E-state index is 9.59. The molecule has 0 aliphatic rings. The number of unbranched alkanes of at least 4 members (excludes halogenated alkanes) is 4. The molecule has 0 rings (SSSR count). The van der Waals surface area contributed by atoms with Crippen LogP contribution < -0.4 is 0 Å². The van der Waals surface area contributed by atoms with Gasteiger partial charge in [-0.2, -0.15) is 0 Å². The van der Waals surface area contributed by atoms with Gasteiger partial charge in [0, 0.05) is 19.5 Å². The fourth-order valence-corrected chi connectivity index (χ4v) is 2.34. The maximum absolute atomic E-state index is 9.59. The van der Waals surface area contributed by atoms with Crippen molar-refractivity contribution < 1.29 is 33.4 Å². The van der Waals surface area contributed by atoms with Crippen LogP contribution in [0.2, 0.25) is 0 Å². The molecule has 6 heteroatoms.